The van der Waals surface area contributed by atoms with Gasteiger partial charge in [0.25, 0.3) is 0 Å². The van der Waals surface area contributed by atoms with E-state index in [0.29, 0.717) is 14.7 Å². The van der Waals surface area contributed by atoms with E-state index in [1.807, 2.05) is 57.2 Å². The number of aryl methyl sites for hydroxylation is 3. The summed E-state index contributed by atoms with van der Waals surface area (Å²) in [6.45, 7) is 6.06. The van der Waals surface area contributed by atoms with Crippen molar-refractivity contribution in [1.82, 2.24) is 0 Å². The van der Waals surface area contributed by atoms with Crippen LogP contribution in [-0.2, 0) is 29.4 Å². The van der Waals surface area contributed by atoms with Crippen molar-refractivity contribution in [3.63, 3.8) is 0 Å². The van der Waals surface area contributed by atoms with Crippen molar-refractivity contribution in [1.29, 1.82) is 0 Å². The topological polar surface area (TPSA) is 46.9 Å². The Hall–Kier alpha value is -3.21. The second kappa shape index (κ2) is 13.6. The minimum Gasteiger partial charge on any atom is -0.258 e. The lowest BCUT2D eigenvalue weighted by Gasteiger charge is -2.35. The molecule has 0 bridgehead atoms. The Bertz CT molecular complexity index is 1520. The zero-order valence-electron chi connectivity index (χ0n) is 24.1. The number of rotatable bonds is 12. The zero-order chi connectivity index (χ0) is 31.4. The van der Waals surface area contributed by atoms with Gasteiger partial charge in [-0.25, -0.2) is 22.0 Å². The van der Waals surface area contributed by atoms with Gasteiger partial charge in [0, 0.05) is 0 Å². The van der Waals surface area contributed by atoms with Crippen molar-refractivity contribution in [3.8, 4) is 0 Å². The average molecular weight is 638 g/mol. The summed E-state index contributed by atoms with van der Waals surface area (Å²) in [4.78, 5) is -0.711. The minimum absolute atomic E-state index is 0.422. The molecule has 0 aromatic heterocycles. The van der Waals surface area contributed by atoms with Gasteiger partial charge in [-0.3, -0.25) is 3.63 Å². The lowest BCUT2D eigenvalue weighted by atomic mass is 10.1. The molecule has 0 atom stereocenters. The number of halogens is 5. The van der Waals surface area contributed by atoms with Gasteiger partial charge in [-0.05, 0) is 72.4 Å². The predicted octanol–water partition coefficient (Wildman–Crippen LogP) is 9.92. The molecule has 0 saturated carbocycles. The van der Waals surface area contributed by atoms with Crippen LogP contribution in [0.3, 0.4) is 0 Å². The molecule has 4 aromatic rings. The summed E-state index contributed by atoms with van der Waals surface area (Å²) >= 11 is 0. The zero-order valence-corrected chi connectivity index (χ0v) is 25.8. The van der Waals surface area contributed by atoms with E-state index in [-0.39, 0.29) is 0 Å². The van der Waals surface area contributed by atoms with Crippen molar-refractivity contribution in [2.45, 2.75) is 78.9 Å². The minimum atomic E-state index is -5.48. The summed E-state index contributed by atoms with van der Waals surface area (Å²) in [7, 11) is -8.72. The first-order valence-electron chi connectivity index (χ1n) is 14.1. The van der Waals surface area contributed by atoms with E-state index in [1.165, 1.54) is 0 Å². The van der Waals surface area contributed by atoms with Crippen LogP contribution in [0, 0.1) is 29.1 Å². The van der Waals surface area contributed by atoms with Crippen LogP contribution < -0.4 is 0 Å². The maximum absolute atomic E-state index is 14.9. The molecule has 0 saturated heterocycles. The Balaban J connectivity index is 2.06. The Labute approximate surface area is 251 Å². The van der Waals surface area contributed by atoms with Gasteiger partial charge in [-0.15, -0.1) is 8.42 Å². The summed E-state index contributed by atoms with van der Waals surface area (Å²) < 4.78 is 104. The lowest BCUT2D eigenvalue weighted by Crippen LogP contribution is -2.22. The van der Waals surface area contributed by atoms with Crippen LogP contribution >= 0.6 is 10.3 Å². The van der Waals surface area contributed by atoms with Gasteiger partial charge >= 0.3 is 10.1 Å². The van der Waals surface area contributed by atoms with Crippen LogP contribution in [-0.4, -0.2) is 12.0 Å². The molecule has 0 aliphatic rings. The third kappa shape index (κ3) is 6.51. The quantitative estimate of drug-likeness (QED) is 0.0510. The van der Waals surface area contributed by atoms with Gasteiger partial charge in [0.1, 0.15) is 0 Å². The fourth-order valence-corrected chi connectivity index (χ4v) is 10.5. The van der Waals surface area contributed by atoms with Crippen molar-refractivity contribution in [2.75, 3.05) is 0 Å². The molecule has 0 aliphatic heterocycles. The van der Waals surface area contributed by atoms with Crippen LogP contribution in [0.15, 0.2) is 92.4 Å². The highest BCUT2D eigenvalue weighted by atomic mass is 32.3. The molecule has 10 heteroatoms. The van der Waals surface area contributed by atoms with E-state index < -0.39 is 54.4 Å². The number of hydrogen-bond donors (Lipinski definition) is 0. The van der Waals surface area contributed by atoms with Crippen molar-refractivity contribution in [3.05, 3.63) is 119 Å². The largest absolute Gasteiger partial charge is 0.428 e. The number of hydrogen-bond acceptors (Lipinski definition) is 2. The van der Waals surface area contributed by atoms with Gasteiger partial charge < -0.3 is 0 Å². The first-order chi connectivity index (χ1) is 20.5. The van der Waals surface area contributed by atoms with Crippen molar-refractivity contribution < 1.29 is 34.0 Å². The van der Waals surface area contributed by atoms with Crippen molar-refractivity contribution >= 4 is 20.4 Å². The van der Waals surface area contributed by atoms with E-state index in [1.54, 1.807) is 36.4 Å². The fraction of sp³-hybridized carbons (Fsp3) is 0.273. The molecular weight excluding hydrogens is 603 g/mol. The second-order valence-electron chi connectivity index (χ2n) is 10.2. The van der Waals surface area contributed by atoms with Gasteiger partial charge in [-0.2, -0.15) is 0 Å². The van der Waals surface area contributed by atoms with E-state index in [2.05, 4.69) is 3.63 Å². The van der Waals surface area contributed by atoms with Crippen LogP contribution in [0.25, 0.3) is 0 Å². The molecule has 0 unspecified atom stereocenters. The molecular formula is C33H34F5O3S2+. The Morgan fingerprint density at radius 2 is 0.767 bits per heavy atom. The molecule has 4 rings (SSSR count). The average Bonchev–Trinajstić information content (AvgIpc) is 2.99. The summed E-state index contributed by atoms with van der Waals surface area (Å²) in [5.74, 6) is -12.1. The predicted molar refractivity (Wildman–Crippen MR) is 160 cm³/mol. The van der Waals surface area contributed by atoms with E-state index in [4.69, 9.17) is 0 Å². The first-order valence-corrected chi connectivity index (χ1v) is 17.1. The van der Waals surface area contributed by atoms with Gasteiger partial charge in [0.2, 0.25) is 10.7 Å². The molecule has 0 amide bonds. The Morgan fingerprint density at radius 3 is 1.05 bits per heavy atom. The highest BCUT2D eigenvalue weighted by Crippen LogP contribution is 2.68. The third-order valence-corrected chi connectivity index (χ3v) is 12.5. The summed E-state index contributed by atoms with van der Waals surface area (Å²) in [6, 6.07) is 21.3. The SMILES string of the molecule is CCCc1ccc(S([OH+]S(=O)(=O)c2c(F)c(F)c(F)c(F)c2F)(c2ccc(CCC)cc2)c2ccc(CCC)cc2)cc1. The standard InChI is InChI=1S/C33H33F5O3S2/c1-4-7-22-10-16-25(17-11-22)42(26-18-12-23(8-5-2)13-19-26,27-20-14-24(9-6-3)15-21-27)41-43(39,40)33-31(37)29(35)28(34)30(36)32(33)38/h10-21H,4-9H2,1-3H3/p+1. The normalized spacial score (nSPS) is 12.5. The van der Waals surface area contributed by atoms with Gasteiger partial charge in [0.05, 0.1) is 25.0 Å². The fourth-order valence-electron chi connectivity index (χ4n) is 4.96. The first kappa shape index (κ1) is 32.7. The van der Waals surface area contributed by atoms with E-state index >= 15 is 0 Å². The molecule has 4 aromatic carbocycles. The molecule has 230 valence electrons. The molecule has 0 spiro atoms. The molecule has 0 radical (unpaired) electrons. The van der Waals surface area contributed by atoms with Crippen LogP contribution in [0.1, 0.15) is 56.7 Å². The monoisotopic (exact) mass is 637 g/mol. The summed E-state index contributed by atoms with van der Waals surface area (Å²) in [5.41, 5.74) is 2.95. The summed E-state index contributed by atoms with van der Waals surface area (Å²) in [5, 5.41) is 0. The third-order valence-electron chi connectivity index (χ3n) is 7.05. The molecule has 0 fully saturated rings. The number of benzene rings is 4. The molecule has 43 heavy (non-hydrogen) atoms. The highest BCUT2D eigenvalue weighted by molar-refractivity contribution is 8.32. The van der Waals surface area contributed by atoms with Crippen LogP contribution in [0.4, 0.5) is 22.0 Å². The maximum atomic E-state index is 14.9. The molecule has 0 heterocycles. The van der Waals surface area contributed by atoms with E-state index in [9.17, 15) is 30.4 Å². The van der Waals surface area contributed by atoms with Gasteiger partial charge in [0.15, 0.2) is 23.3 Å². The summed E-state index contributed by atoms with van der Waals surface area (Å²) in [6.07, 6.45) is 4.90. The van der Waals surface area contributed by atoms with E-state index in [0.717, 1.165) is 55.2 Å². The highest BCUT2D eigenvalue weighted by Gasteiger charge is 2.47. The van der Waals surface area contributed by atoms with Crippen LogP contribution in [0.5, 0.6) is 0 Å². The molecule has 1 N–H and O–H groups in total. The maximum Gasteiger partial charge on any atom is 0.428 e. The van der Waals surface area contributed by atoms with Crippen LogP contribution in [0.2, 0.25) is 0 Å². The molecule has 0 aliphatic carbocycles. The van der Waals surface area contributed by atoms with Gasteiger partial charge in [-0.1, -0.05) is 76.4 Å². The lowest BCUT2D eigenvalue weighted by molar-refractivity contribution is 0.338. The smallest absolute Gasteiger partial charge is 0.258 e. The Morgan fingerprint density at radius 1 is 0.488 bits per heavy atom. The Kier molecular flexibility index (Phi) is 10.4. The molecule has 3 nitrogen and oxygen atoms in total. The van der Waals surface area contributed by atoms with Crippen molar-refractivity contribution in [2.24, 2.45) is 0 Å². The second-order valence-corrected chi connectivity index (χ2v) is 14.7.